The molecule has 2 unspecified atom stereocenters. The molecular weight excluding hydrogens is 214 g/mol. The maximum atomic E-state index is 9.00. The predicted octanol–water partition coefficient (Wildman–Crippen LogP) is 1.81. The highest BCUT2D eigenvalue weighted by molar-refractivity contribution is 5.73. The number of fused-ring (bicyclic) bond motifs is 1. The molecular formula is C13H19N3O. The lowest BCUT2D eigenvalue weighted by atomic mass is 9.94. The van der Waals surface area contributed by atoms with Gasteiger partial charge in [-0.05, 0) is 43.9 Å². The number of nitrogens with two attached hydrogens (primary N) is 1. The van der Waals surface area contributed by atoms with Crippen molar-refractivity contribution >= 4 is 11.0 Å². The topological polar surface area (TPSA) is 74.9 Å². The van der Waals surface area contributed by atoms with E-state index in [1.165, 1.54) is 0 Å². The summed E-state index contributed by atoms with van der Waals surface area (Å²) in [5.41, 5.74) is 7.69. The third-order valence-corrected chi connectivity index (χ3v) is 3.01. The smallest absolute Gasteiger partial charge is 0.0878 e. The molecule has 0 bridgehead atoms. The number of nitrogens with zero attached hydrogens (tertiary/aromatic N) is 1. The average Bonchev–Trinajstić information content (AvgIpc) is 2.77. The molecule has 17 heavy (non-hydrogen) atoms. The van der Waals surface area contributed by atoms with Crippen molar-refractivity contribution in [1.29, 1.82) is 0 Å². The second-order valence-electron chi connectivity index (χ2n) is 4.49. The second kappa shape index (κ2) is 5.80. The number of aromatic amines is 1. The van der Waals surface area contributed by atoms with E-state index in [1.807, 2.05) is 24.4 Å². The van der Waals surface area contributed by atoms with Gasteiger partial charge in [0.1, 0.15) is 0 Å². The highest BCUT2D eigenvalue weighted by atomic mass is 16.3. The minimum absolute atomic E-state index is 0.112. The Hall–Kier alpha value is -1.39. The first kappa shape index (κ1) is 12.1. The summed E-state index contributed by atoms with van der Waals surface area (Å²) < 4.78 is 0. The highest BCUT2D eigenvalue weighted by Gasteiger charge is 2.15. The molecule has 0 aromatic carbocycles. The number of aromatic nitrogens is 2. The Morgan fingerprint density at radius 2 is 2.24 bits per heavy atom. The Kier molecular flexibility index (Phi) is 4.12. The van der Waals surface area contributed by atoms with E-state index < -0.39 is 0 Å². The van der Waals surface area contributed by atoms with Crippen LogP contribution in [0, 0.1) is 0 Å². The number of H-pyrrole nitrogens is 1. The van der Waals surface area contributed by atoms with Gasteiger partial charge in [0, 0.05) is 18.4 Å². The minimum atomic E-state index is -0.112. The van der Waals surface area contributed by atoms with Gasteiger partial charge < -0.3 is 15.8 Å². The first-order valence-corrected chi connectivity index (χ1v) is 6.07. The third kappa shape index (κ3) is 3.54. The van der Waals surface area contributed by atoms with E-state index in [2.05, 4.69) is 9.97 Å². The van der Waals surface area contributed by atoms with Gasteiger partial charge in [-0.15, -0.1) is 0 Å². The van der Waals surface area contributed by atoms with Gasteiger partial charge in [0.05, 0.1) is 17.1 Å². The van der Waals surface area contributed by atoms with E-state index in [-0.39, 0.29) is 12.1 Å². The van der Waals surface area contributed by atoms with Crippen LogP contribution in [0.3, 0.4) is 0 Å². The molecule has 4 nitrogen and oxygen atoms in total. The first-order valence-electron chi connectivity index (χ1n) is 6.07. The zero-order valence-electron chi connectivity index (χ0n) is 9.84. The van der Waals surface area contributed by atoms with Gasteiger partial charge in [0.15, 0.2) is 0 Å². The lowest BCUT2D eigenvalue weighted by molar-refractivity contribution is 0.120. The summed E-state index contributed by atoms with van der Waals surface area (Å²) in [7, 11) is 0. The molecule has 2 aromatic heterocycles. The zero-order valence-corrected chi connectivity index (χ0v) is 9.84. The molecule has 0 radical (unpaired) electrons. The van der Waals surface area contributed by atoms with Crippen molar-refractivity contribution in [3.8, 4) is 0 Å². The molecule has 4 N–H and O–H groups in total. The number of rotatable bonds is 0. The molecule has 0 spiro atoms. The summed E-state index contributed by atoms with van der Waals surface area (Å²) >= 11 is 0. The molecule has 0 aliphatic heterocycles. The van der Waals surface area contributed by atoms with Crippen LogP contribution in [0.4, 0.5) is 0 Å². The van der Waals surface area contributed by atoms with Crippen molar-refractivity contribution < 1.29 is 5.11 Å². The lowest BCUT2D eigenvalue weighted by Gasteiger charge is -2.21. The van der Waals surface area contributed by atoms with Crippen LogP contribution in [0.1, 0.15) is 25.7 Å². The van der Waals surface area contributed by atoms with Crippen molar-refractivity contribution in [2.75, 3.05) is 0 Å². The molecule has 92 valence electrons. The maximum absolute atomic E-state index is 9.00. The molecule has 2 aromatic rings. The standard InChI is InChI=1S/C7H6N2.C6H13NO/c1-2-6-7(8-4-1)3-5-9-6;7-5-2-1-3-6(8)4-5/h1-5,9H;5-6,8H,1-4,7H2. The predicted molar refractivity (Wildman–Crippen MR) is 68.5 cm³/mol. The van der Waals surface area contributed by atoms with Crippen molar-refractivity contribution in [2.24, 2.45) is 5.73 Å². The molecule has 1 saturated carbocycles. The molecule has 2 heterocycles. The fraction of sp³-hybridized carbons (Fsp3) is 0.462. The fourth-order valence-corrected chi connectivity index (χ4v) is 2.08. The van der Waals surface area contributed by atoms with Gasteiger partial charge in [-0.25, -0.2) is 0 Å². The maximum Gasteiger partial charge on any atom is 0.0878 e. The molecule has 4 heteroatoms. The van der Waals surface area contributed by atoms with Crippen LogP contribution in [0.2, 0.25) is 0 Å². The Bertz CT molecular complexity index is 416. The monoisotopic (exact) mass is 233 g/mol. The highest BCUT2D eigenvalue weighted by Crippen LogP contribution is 2.15. The molecule has 1 aliphatic rings. The Morgan fingerprint density at radius 3 is 2.88 bits per heavy atom. The van der Waals surface area contributed by atoms with Gasteiger partial charge in [-0.3, -0.25) is 4.98 Å². The van der Waals surface area contributed by atoms with Crippen LogP contribution in [0.25, 0.3) is 11.0 Å². The second-order valence-corrected chi connectivity index (χ2v) is 4.49. The third-order valence-electron chi connectivity index (χ3n) is 3.01. The summed E-state index contributed by atoms with van der Waals surface area (Å²) in [4.78, 5) is 7.17. The molecule has 1 aliphatic carbocycles. The number of pyridine rings is 1. The number of nitrogens with one attached hydrogen (secondary N) is 1. The molecule has 2 atom stereocenters. The SMILES string of the molecule is NC1CCCC(O)C1.c1cnc2cc[nH]c2c1. The minimum Gasteiger partial charge on any atom is -0.393 e. The number of aliphatic hydroxyl groups is 1. The van der Waals surface area contributed by atoms with E-state index in [9.17, 15) is 0 Å². The van der Waals surface area contributed by atoms with Gasteiger partial charge >= 0.3 is 0 Å². The summed E-state index contributed by atoms with van der Waals surface area (Å²) in [6, 6.07) is 6.13. The number of aliphatic hydroxyl groups excluding tert-OH is 1. The molecule has 0 amide bonds. The summed E-state index contributed by atoms with van der Waals surface area (Å²) in [5, 5.41) is 9.00. The number of hydrogen-bond donors (Lipinski definition) is 3. The van der Waals surface area contributed by atoms with E-state index in [4.69, 9.17) is 10.8 Å². The van der Waals surface area contributed by atoms with Crippen LogP contribution in [0.15, 0.2) is 30.6 Å². The normalized spacial score (nSPS) is 24.1. The Morgan fingerprint density at radius 1 is 1.35 bits per heavy atom. The summed E-state index contributed by atoms with van der Waals surface area (Å²) in [5.74, 6) is 0. The van der Waals surface area contributed by atoms with Crippen LogP contribution >= 0.6 is 0 Å². The molecule has 3 rings (SSSR count). The quantitative estimate of drug-likeness (QED) is 0.649. The van der Waals surface area contributed by atoms with Crippen LogP contribution < -0.4 is 5.73 Å². The Balaban J connectivity index is 0.000000128. The fourth-order valence-electron chi connectivity index (χ4n) is 2.08. The van der Waals surface area contributed by atoms with Gasteiger partial charge in [-0.2, -0.15) is 0 Å². The van der Waals surface area contributed by atoms with E-state index in [1.54, 1.807) is 6.20 Å². The van der Waals surface area contributed by atoms with Crippen LogP contribution in [-0.2, 0) is 0 Å². The van der Waals surface area contributed by atoms with Crippen molar-refractivity contribution in [3.63, 3.8) is 0 Å². The number of hydrogen-bond acceptors (Lipinski definition) is 3. The first-order chi connectivity index (χ1) is 8.25. The summed E-state index contributed by atoms with van der Waals surface area (Å²) in [6.07, 6.45) is 7.51. The van der Waals surface area contributed by atoms with E-state index >= 15 is 0 Å². The van der Waals surface area contributed by atoms with Crippen LogP contribution in [-0.4, -0.2) is 27.2 Å². The van der Waals surface area contributed by atoms with E-state index in [0.717, 1.165) is 36.7 Å². The van der Waals surface area contributed by atoms with Gasteiger partial charge in [0.2, 0.25) is 0 Å². The summed E-state index contributed by atoms with van der Waals surface area (Å²) in [6.45, 7) is 0. The molecule has 1 fully saturated rings. The van der Waals surface area contributed by atoms with Crippen molar-refractivity contribution in [1.82, 2.24) is 9.97 Å². The van der Waals surface area contributed by atoms with Crippen LogP contribution in [0.5, 0.6) is 0 Å². The largest absolute Gasteiger partial charge is 0.393 e. The average molecular weight is 233 g/mol. The van der Waals surface area contributed by atoms with Gasteiger partial charge in [-0.1, -0.05) is 0 Å². The molecule has 0 saturated heterocycles. The Labute approximate surface area is 101 Å². The zero-order chi connectivity index (χ0) is 12.1. The van der Waals surface area contributed by atoms with E-state index in [0.29, 0.717) is 0 Å². The van der Waals surface area contributed by atoms with Crippen molar-refractivity contribution in [3.05, 3.63) is 30.6 Å². The van der Waals surface area contributed by atoms with Crippen molar-refractivity contribution in [2.45, 2.75) is 37.8 Å². The lowest BCUT2D eigenvalue weighted by Crippen LogP contribution is -2.30. The van der Waals surface area contributed by atoms with Gasteiger partial charge in [0.25, 0.3) is 0 Å².